The van der Waals surface area contributed by atoms with Crippen molar-refractivity contribution in [1.29, 1.82) is 0 Å². The number of hydrogen-bond donors (Lipinski definition) is 1. The van der Waals surface area contributed by atoms with Crippen LogP contribution in [0.3, 0.4) is 0 Å². The van der Waals surface area contributed by atoms with E-state index >= 15 is 0 Å². The van der Waals surface area contributed by atoms with Crippen molar-refractivity contribution in [3.8, 4) is 0 Å². The summed E-state index contributed by atoms with van der Waals surface area (Å²) in [6, 6.07) is 8.82. The highest BCUT2D eigenvalue weighted by Gasteiger charge is 2.09. The van der Waals surface area contributed by atoms with Gasteiger partial charge in [-0.05, 0) is 43.4 Å². The molecule has 1 nitrogen and oxygen atoms in total. The summed E-state index contributed by atoms with van der Waals surface area (Å²) in [5, 5.41) is 0. The summed E-state index contributed by atoms with van der Waals surface area (Å²) < 4.78 is 1.14. The Labute approximate surface area is 99.5 Å². The summed E-state index contributed by atoms with van der Waals surface area (Å²) in [6.45, 7) is 0. The van der Waals surface area contributed by atoms with E-state index in [4.69, 9.17) is 5.73 Å². The van der Waals surface area contributed by atoms with Gasteiger partial charge in [0.15, 0.2) is 0 Å². The molecule has 1 aliphatic rings. The summed E-state index contributed by atoms with van der Waals surface area (Å²) >= 11 is 3.45. The molecule has 1 aromatic carbocycles. The Bertz CT molecular complexity index is 353. The lowest BCUT2D eigenvalue weighted by Crippen LogP contribution is -2.20. The first-order valence-corrected chi connectivity index (χ1v) is 6.23. The molecular weight excluding hydrogens is 250 g/mol. The van der Waals surface area contributed by atoms with E-state index in [-0.39, 0.29) is 6.04 Å². The molecule has 0 spiro atoms. The quantitative estimate of drug-likeness (QED) is 0.815. The van der Waals surface area contributed by atoms with Crippen molar-refractivity contribution in [3.63, 3.8) is 0 Å². The molecule has 15 heavy (non-hydrogen) atoms. The third-order valence-corrected chi connectivity index (χ3v) is 3.36. The maximum absolute atomic E-state index is 5.92. The fourth-order valence-corrected chi connectivity index (χ4v) is 2.31. The topological polar surface area (TPSA) is 26.0 Å². The van der Waals surface area contributed by atoms with Gasteiger partial charge in [-0.3, -0.25) is 0 Å². The van der Waals surface area contributed by atoms with Gasteiger partial charge in [0, 0.05) is 10.5 Å². The molecule has 0 aromatic heterocycles. The molecule has 0 saturated carbocycles. The van der Waals surface area contributed by atoms with Crippen LogP contribution in [0.2, 0.25) is 0 Å². The van der Waals surface area contributed by atoms with Gasteiger partial charge in [-0.25, -0.2) is 0 Å². The SMILES string of the molecule is NC1C=C(Cc2ccc(Br)cc2)CCC1. The number of allylic oxidation sites excluding steroid dienone is 1. The molecule has 2 rings (SSSR count). The fraction of sp³-hybridized carbons (Fsp3) is 0.385. The maximum atomic E-state index is 5.92. The molecule has 2 N–H and O–H groups in total. The van der Waals surface area contributed by atoms with Crippen molar-refractivity contribution in [2.45, 2.75) is 31.7 Å². The van der Waals surface area contributed by atoms with Crippen LogP contribution in [0.4, 0.5) is 0 Å². The van der Waals surface area contributed by atoms with Crippen molar-refractivity contribution in [2.24, 2.45) is 5.73 Å². The number of nitrogens with two attached hydrogens (primary N) is 1. The molecular formula is C13H16BrN. The Morgan fingerprint density at radius 3 is 2.67 bits per heavy atom. The Morgan fingerprint density at radius 1 is 1.27 bits per heavy atom. The average Bonchev–Trinajstić information content (AvgIpc) is 2.22. The van der Waals surface area contributed by atoms with E-state index in [1.807, 2.05) is 0 Å². The molecule has 0 amide bonds. The standard InChI is InChI=1S/C13H16BrN/c14-12-6-4-10(5-7-12)8-11-2-1-3-13(15)9-11/h4-7,9,13H,1-3,8,15H2. The lowest BCUT2D eigenvalue weighted by Gasteiger charge is -2.17. The third kappa shape index (κ3) is 3.18. The van der Waals surface area contributed by atoms with Crippen LogP contribution in [0.25, 0.3) is 0 Å². The molecule has 1 aromatic rings. The molecule has 0 heterocycles. The minimum atomic E-state index is 0.282. The van der Waals surface area contributed by atoms with E-state index in [1.54, 1.807) is 0 Å². The van der Waals surface area contributed by atoms with Gasteiger partial charge < -0.3 is 5.73 Å². The largest absolute Gasteiger partial charge is 0.324 e. The van der Waals surface area contributed by atoms with E-state index < -0.39 is 0 Å². The van der Waals surface area contributed by atoms with Crippen LogP contribution in [-0.2, 0) is 6.42 Å². The molecule has 1 unspecified atom stereocenters. The highest BCUT2D eigenvalue weighted by Crippen LogP contribution is 2.21. The first-order chi connectivity index (χ1) is 7.24. The van der Waals surface area contributed by atoms with Crippen LogP contribution in [-0.4, -0.2) is 6.04 Å². The van der Waals surface area contributed by atoms with E-state index in [2.05, 4.69) is 46.3 Å². The van der Waals surface area contributed by atoms with Gasteiger partial charge in [-0.15, -0.1) is 0 Å². The van der Waals surface area contributed by atoms with Crippen molar-refractivity contribution in [3.05, 3.63) is 46.0 Å². The second-order valence-corrected chi connectivity index (χ2v) is 5.10. The van der Waals surface area contributed by atoms with Crippen LogP contribution in [0.1, 0.15) is 24.8 Å². The zero-order chi connectivity index (χ0) is 10.7. The molecule has 0 radical (unpaired) electrons. The fourth-order valence-electron chi connectivity index (χ4n) is 2.05. The van der Waals surface area contributed by atoms with Gasteiger partial charge >= 0.3 is 0 Å². The van der Waals surface area contributed by atoms with E-state index in [9.17, 15) is 0 Å². The van der Waals surface area contributed by atoms with Gasteiger partial charge in [0.2, 0.25) is 0 Å². The molecule has 80 valence electrons. The van der Waals surface area contributed by atoms with Crippen LogP contribution in [0, 0.1) is 0 Å². The average molecular weight is 266 g/mol. The predicted molar refractivity (Wildman–Crippen MR) is 67.8 cm³/mol. The Kier molecular flexibility index (Phi) is 3.60. The molecule has 0 fully saturated rings. The van der Waals surface area contributed by atoms with Gasteiger partial charge in [-0.2, -0.15) is 0 Å². The first kappa shape index (κ1) is 10.9. The van der Waals surface area contributed by atoms with E-state index in [1.165, 1.54) is 24.0 Å². The minimum Gasteiger partial charge on any atom is -0.324 e. The van der Waals surface area contributed by atoms with Crippen LogP contribution in [0.15, 0.2) is 40.4 Å². The van der Waals surface area contributed by atoms with Gasteiger partial charge in [-0.1, -0.05) is 39.7 Å². The molecule has 0 bridgehead atoms. The zero-order valence-corrected chi connectivity index (χ0v) is 10.3. The lowest BCUT2D eigenvalue weighted by atomic mass is 9.92. The highest BCUT2D eigenvalue weighted by molar-refractivity contribution is 9.10. The van der Waals surface area contributed by atoms with Gasteiger partial charge in [0.25, 0.3) is 0 Å². The normalized spacial score (nSPS) is 21.2. The van der Waals surface area contributed by atoms with E-state index in [0.29, 0.717) is 0 Å². The van der Waals surface area contributed by atoms with Crippen LogP contribution in [0.5, 0.6) is 0 Å². The Balaban J connectivity index is 2.05. The number of benzene rings is 1. The molecule has 0 aliphatic heterocycles. The Hall–Kier alpha value is -0.600. The van der Waals surface area contributed by atoms with Crippen molar-refractivity contribution >= 4 is 15.9 Å². The molecule has 0 saturated heterocycles. The van der Waals surface area contributed by atoms with Crippen LogP contribution >= 0.6 is 15.9 Å². The number of halogens is 1. The summed E-state index contributed by atoms with van der Waals surface area (Å²) in [4.78, 5) is 0. The van der Waals surface area contributed by atoms with E-state index in [0.717, 1.165) is 17.3 Å². The Morgan fingerprint density at radius 2 is 2.00 bits per heavy atom. The highest BCUT2D eigenvalue weighted by atomic mass is 79.9. The summed E-state index contributed by atoms with van der Waals surface area (Å²) in [5.41, 5.74) is 8.79. The van der Waals surface area contributed by atoms with Crippen molar-refractivity contribution in [1.82, 2.24) is 0 Å². The first-order valence-electron chi connectivity index (χ1n) is 5.43. The number of rotatable bonds is 2. The minimum absolute atomic E-state index is 0.282. The van der Waals surface area contributed by atoms with Crippen molar-refractivity contribution < 1.29 is 0 Å². The molecule has 1 atom stereocenters. The van der Waals surface area contributed by atoms with Crippen molar-refractivity contribution in [2.75, 3.05) is 0 Å². The summed E-state index contributed by atoms with van der Waals surface area (Å²) in [5.74, 6) is 0. The lowest BCUT2D eigenvalue weighted by molar-refractivity contribution is 0.617. The smallest absolute Gasteiger partial charge is 0.0226 e. The summed E-state index contributed by atoms with van der Waals surface area (Å²) in [7, 11) is 0. The second kappa shape index (κ2) is 4.95. The predicted octanol–water partition coefficient (Wildman–Crippen LogP) is 3.43. The molecule has 1 aliphatic carbocycles. The molecule has 2 heteroatoms. The monoisotopic (exact) mass is 265 g/mol. The summed E-state index contributed by atoms with van der Waals surface area (Å²) in [6.07, 6.45) is 6.89. The third-order valence-electron chi connectivity index (χ3n) is 2.83. The van der Waals surface area contributed by atoms with Gasteiger partial charge in [0.05, 0.1) is 0 Å². The van der Waals surface area contributed by atoms with Gasteiger partial charge in [0.1, 0.15) is 0 Å². The van der Waals surface area contributed by atoms with Crippen LogP contribution < -0.4 is 5.73 Å². The maximum Gasteiger partial charge on any atom is 0.0226 e. The zero-order valence-electron chi connectivity index (χ0n) is 8.75. The second-order valence-electron chi connectivity index (χ2n) is 4.18. The number of hydrogen-bond acceptors (Lipinski definition) is 1.